The third-order valence-corrected chi connectivity index (χ3v) is 2.99. The van der Waals surface area contributed by atoms with Crippen LogP contribution in [0, 0.1) is 11.8 Å². The Bertz CT molecular complexity index is 549. The van der Waals surface area contributed by atoms with Crippen LogP contribution in [0.1, 0.15) is 42.2 Å². The van der Waals surface area contributed by atoms with Crippen LogP contribution in [0.4, 0.5) is 13.2 Å². The highest BCUT2D eigenvalue weighted by atomic mass is 19.4. The van der Waals surface area contributed by atoms with E-state index in [-0.39, 0.29) is 5.56 Å². The van der Waals surface area contributed by atoms with E-state index < -0.39 is 18.0 Å². The SMILES string of the molecule is C=CCCCC#Cc1ccc(C(F)(F)F)cc1C(OC)OC. The van der Waals surface area contributed by atoms with Gasteiger partial charge in [-0.05, 0) is 31.0 Å². The number of rotatable bonds is 6. The van der Waals surface area contributed by atoms with Gasteiger partial charge < -0.3 is 9.47 Å². The van der Waals surface area contributed by atoms with E-state index >= 15 is 0 Å². The van der Waals surface area contributed by atoms with Crippen molar-refractivity contribution in [3.8, 4) is 11.8 Å². The maximum Gasteiger partial charge on any atom is 0.416 e. The first-order valence-corrected chi connectivity index (χ1v) is 6.80. The van der Waals surface area contributed by atoms with Crippen LogP contribution in [0.3, 0.4) is 0 Å². The quantitative estimate of drug-likeness (QED) is 0.328. The fourth-order valence-corrected chi connectivity index (χ4v) is 1.89. The zero-order valence-electron chi connectivity index (χ0n) is 12.7. The van der Waals surface area contributed by atoms with E-state index in [2.05, 4.69) is 18.4 Å². The van der Waals surface area contributed by atoms with Crippen molar-refractivity contribution in [3.05, 3.63) is 47.5 Å². The molecule has 0 spiro atoms. The number of ether oxygens (including phenoxy) is 2. The highest BCUT2D eigenvalue weighted by molar-refractivity contribution is 5.45. The standard InChI is InChI=1S/C17H19F3O2/c1-4-5-6-7-8-9-13-10-11-14(17(18,19)20)12-15(13)16(21-2)22-3/h4,10-12,16H,1,5-7H2,2-3H3. The maximum atomic E-state index is 12.8. The van der Waals surface area contributed by atoms with Gasteiger partial charge >= 0.3 is 6.18 Å². The number of methoxy groups -OCH3 is 2. The number of benzene rings is 1. The van der Waals surface area contributed by atoms with Crippen LogP contribution in [0.15, 0.2) is 30.9 Å². The van der Waals surface area contributed by atoms with E-state index in [1.165, 1.54) is 20.3 Å². The Morgan fingerprint density at radius 3 is 2.50 bits per heavy atom. The first-order valence-electron chi connectivity index (χ1n) is 6.80. The fourth-order valence-electron chi connectivity index (χ4n) is 1.89. The molecule has 0 aliphatic rings. The summed E-state index contributed by atoms with van der Waals surface area (Å²) in [6.45, 7) is 3.62. The molecule has 1 rings (SSSR count). The maximum absolute atomic E-state index is 12.8. The van der Waals surface area contributed by atoms with E-state index in [0.717, 1.165) is 25.0 Å². The number of hydrogen-bond donors (Lipinski definition) is 0. The van der Waals surface area contributed by atoms with Crippen LogP contribution in [0.25, 0.3) is 0 Å². The second kappa shape index (κ2) is 8.62. The summed E-state index contributed by atoms with van der Waals surface area (Å²) in [5.74, 6) is 5.84. The second-order valence-electron chi connectivity index (χ2n) is 4.59. The van der Waals surface area contributed by atoms with E-state index in [1.54, 1.807) is 6.08 Å². The smallest absolute Gasteiger partial charge is 0.352 e. The Labute approximate surface area is 128 Å². The molecule has 1 aromatic carbocycles. The lowest BCUT2D eigenvalue weighted by Gasteiger charge is -2.17. The lowest BCUT2D eigenvalue weighted by atomic mass is 10.0. The molecule has 0 heterocycles. The van der Waals surface area contributed by atoms with Crippen LogP contribution >= 0.6 is 0 Å². The molecular formula is C17H19F3O2. The third kappa shape index (κ3) is 5.21. The molecule has 0 N–H and O–H groups in total. The summed E-state index contributed by atoms with van der Waals surface area (Å²) in [4.78, 5) is 0. The summed E-state index contributed by atoms with van der Waals surface area (Å²) >= 11 is 0. The molecule has 0 atom stereocenters. The predicted molar refractivity (Wildman–Crippen MR) is 79.1 cm³/mol. The summed E-state index contributed by atoms with van der Waals surface area (Å²) in [5.41, 5.74) is -0.00449. The van der Waals surface area contributed by atoms with Gasteiger partial charge in [0.25, 0.3) is 0 Å². The van der Waals surface area contributed by atoms with Crippen LogP contribution < -0.4 is 0 Å². The molecule has 0 saturated carbocycles. The van der Waals surface area contributed by atoms with Crippen molar-refractivity contribution < 1.29 is 22.6 Å². The molecule has 0 aromatic heterocycles. The van der Waals surface area contributed by atoms with Crippen molar-refractivity contribution in [2.24, 2.45) is 0 Å². The van der Waals surface area contributed by atoms with Gasteiger partial charge in [-0.15, -0.1) is 6.58 Å². The molecule has 5 heteroatoms. The average molecular weight is 312 g/mol. The zero-order valence-corrected chi connectivity index (χ0v) is 12.7. The number of allylic oxidation sites excluding steroid dienone is 1. The number of hydrogen-bond acceptors (Lipinski definition) is 2. The Kier molecular flexibility index (Phi) is 7.16. The fraction of sp³-hybridized carbons (Fsp3) is 0.412. The molecule has 0 saturated heterocycles. The van der Waals surface area contributed by atoms with Gasteiger partial charge in [0.15, 0.2) is 6.29 Å². The number of alkyl halides is 3. The van der Waals surface area contributed by atoms with Crippen LogP contribution in [0.2, 0.25) is 0 Å². The summed E-state index contributed by atoms with van der Waals surface area (Å²) in [5, 5.41) is 0. The molecule has 0 aliphatic heterocycles. The van der Waals surface area contributed by atoms with Gasteiger partial charge in [-0.1, -0.05) is 17.9 Å². The normalized spacial score (nSPS) is 11.2. The average Bonchev–Trinajstić information content (AvgIpc) is 2.48. The van der Waals surface area contributed by atoms with Crippen LogP contribution in [-0.4, -0.2) is 14.2 Å². The molecule has 0 amide bonds. The van der Waals surface area contributed by atoms with Crippen molar-refractivity contribution in [2.45, 2.75) is 31.7 Å². The Morgan fingerprint density at radius 1 is 1.27 bits per heavy atom. The topological polar surface area (TPSA) is 18.5 Å². The van der Waals surface area contributed by atoms with Crippen LogP contribution in [0.5, 0.6) is 0 Å². The van der Waals surface area contributed by atoms with E-state index in [1.807, 2.05) is 0 Å². The first kappa shape index (κ1) is 18.3. The third-order valence-electron chi connectivity index (χ3n) is 2.99. The van der Waals surface area contributed by atoms with E-state index in [9.17, 15) is 13.2 Å². The summed E-state index contributed by atoms with van der Waals surface area (Å²) < 4.78 is 48.6. The molecule has 22 heavy (non-hydrogen) atoms. The molecule has 0 aliphatic carbocycles. The lowest BCUT2D eigenvalue weighted by Crippen LogP contribution is -2.10. The van der Waals surface area contributed by atoms with Gasteiger partial charge in [-0.25, -0.2) is 0 Å². The van der Waals surface area contributed by atoms with Gasteiger partial charge in [0.05, 0.1) is 5.56 Å². The number of halogens is 3. The molecular weight excluding hydrogens is 293 g/mol. The summed E-state index contributed by atoms with van der Waals surface area (Å²) in [6.07, 6.45) is -1.14. The monoisotopic (exact) mass is 312 g/mol. The summed E-state index contributed by atoms with van der Waals surface area (Å²) in [6, 6.07) is 3.38. The van der Waals surface area contributed by atoms with Crippen molar-refractivity contribution in [1.29, 1.82) is 0 Å². The Morgan fingerprint density at radius 2 is 1.95 bits per heavy atom. The van der Waals surface area contributed by atoms with E-state index in [0.29, 0.717) is 12.0 Å². The van der Waals surface area contributed by atoms with Crippen molar-refractivity contribution in [1.82, 2.24) is 0 Å². The van der Waals surface area contributed by atoms with E-state index in [4.69, 9.17) is 9.47 Å². The minimum absolute atomic E-state index is 0.274. The molecule has 2 nitrogen and oxygen atoms in total. The van der Waals surface area contributed by atoms with Gasteiger partial charge in [0, 0.05) is 31.8 Å². The lowest BCUT2D eigenvalue weighted by molar-refractivity contribution is -0.138. The molecule has 0 radical (unpaired) electrons. The summed E-state index contributed by atoms with van der Waals surface area (Å²) in [7, 11) is 2.74. The largest absolute Gasteiger partial charge is 0.416 e. The second-order valence-corrected chi connectivity index (χ2v) is 4.59. The van der Waals surface area contributed by atoms with Gasteiger partial charge in [-0.2, -0.15) is 13.2 Å². The first-order chi connectivity index (χ1) is 10.4. The van der Waals surface area contributed by atoms with Crippen molar-refractivity contribution in [2.75, 3.05) is 14.2 Å². The minimum Gasteiger partial charge on any atom is -0.352 e. The molecule has 0 fully saturated rings. The van der Waals surface area contributed by atoms with Crippen molar-refractivity contribution in [3.63, 3.8) is 0 Å². The Balaban J connectivity index is 3.12. The van der Waals surface area contributed by atoms with Crippen LogP contribution in [-0.2, 0) is 15.7 Å². The van der Waals surface area contributed by atoms with Gasteiger partial charge in [0.1, 0.15) is 0 Å². The molecule has 1 aromatic rings. The van der Waals surface area contributed by atoms with Gasteiger partial charge in [0.2, 0.25) is 0 Å². The molecule has 0 bridgehead atoms. The predicted octanol–water partition coefficient (Wildman–Crippen LogP) is 4.70. The minimum atomic E-state index is -4.42. The zero-order chi connectivity index (χ0) is 16.6. The van der Waals surface area contributed by atoms with Crippen molar-refractivity contribution >= 4 is 0 Å². The Hall–Kier alpha value is -1.77. The highest BCUT2D eigenvalue weighted by Crippen LogP contribution is 2.33. The van der Waals surface area contributed by atoms with Gasteiger partial charge in [-0.3, -0.25) is 0 Å². The molecule has 0 unspecified atom stereocenters. The number of unbranched alkanes of at least 4 members (excludes halogenated alkanes) is 2. The highest BCUT2D eigenvalue weighted by Gasteiger charge is 2.31. The molecule has 120 valence electrons.